The summed E-state index contributed by atoms with van der Waals surface area (Å²) in [4.78, 5) is 16.2. The topological polar surface area (TPSA) is 82.1 Å². The van der Waals surface area contributed by atoms with Crippen molar-refractivity contribution >= 4 is 11.1 Å². The maximum atomic E-state index is 14.1. The molecule has 0 saturated carbocycles. The average Bonchev–Trinajstić information content (AvgIpc) is 3.59. The lowest BCUT2D eigenvalue weighted by Gasteiger charge is -2.12. The molecule has 0 spiro atoms. The number of allylic oxidation sites excluding steroid dienone is 2. The van der Waals surface area contributed by atoms with Gasteiger partial charge in [0.25, 0.3) is 11.4 Å². The van der Waals surface area contributed by atoms with Gasteiger partial charge in [-0.05, 0) is 69.8 Å². The van der Waals surface area contributed by atoms with Gasteiger partial charge in [-0.3, -0.25) is 0 Å². The van der Waals surface area contributed by atoms with Gasteiger partial charge in [-0.15, -0.1) is 0 Å². The smallest absolute Gasteiger partial charge is 0.245 e. The van der Waals surface area contributed by atoms with Gasteiger partial charge < -0.3 is 0 Å². The van der Waals surface area contributed by atoms with E-state index in [-0.39, 0.29) is 67.3 Å². The number of hydrogen-bond donors (Lipinski definition) is 0. The number of fused-ring (bicyclic) bond motifs is 6. The van der Waals surface area contributed by atoms with E-state index in [0.717, 1.165) is 12.1 Å². The summed E-state index contributed by atoms with van der Waals surface area (Å²) in [7, 11) is 0. The first-order chi connectivity index (χ1) is 24.7. The first-order valence-electron chi connectivity index (χ1n) is 14.7. The second-order valence-electron chi connectivity index (χ2n) is 11.4. The number of nitrogens with zero attached hydrogens (tertiary/aromatic N) is 6. The highest BCUT2D eigenvalue weighted by molar-refractivity contribution is 6.07. The first-order valence-corrected chi connectivity index (χ1v) is 14.7. The van der Waals surface area contributed by atoms with E-state index in [1.54, 1.807) is 0 Å². The molecule has 0 aliphatic heterocycles. The zero-order valence-corrected chi connectivity index (χ0v) is 25.6. The molecule has 7 rings (SSSR count). The van der Waals surface area contributed by atoms with Gasteiger partial charge in [0.1, 0.15) is 11.6 Å². The highest BCUT2D eigenvalue weighted by Gasteiger charge is 2.38. The molecule has 0 saturated heterocycles. The molecule has 0 bridgehead atoms. The molecule has 250 valence electrons. The molecule has 14 heteroatoms. The summed E-state index contributed by atoms with van der Waals surface area (Å²) in [5, 5.41) is 19.9. The van der Waals surface area contributed by atoms with Crippen LogP contribution in [0.5, 0.6) is 0 Å². The van der Waals surface area contributed by atoms with Crippen LogP contribution < -0.4 is 0 Å². The Hall–Kier alpha value is -7.16. The second kappa shape index (κ2) is 11.7. The van der Waals surface area contributed by atoms with Gasteiger partial charge in [0, 0.05) is 22.3 Å². The minimum Gasteiger partial charge on any atom is -0.245 e. The number of benzene rings is 4. The molecule has 2 aliphatic carbocycles. The normalized spacial score (nSPS) is 14.5. The predicted molar refractivity (Wildman–Crippen MR) is 170 cm³/mol. The summed E-state index contributed by atoms with van der Waals surface area (Å²) in [5.41, 5.74) is -2.11. The third kappa shape index (κ3) is 5.14. The van der Waals surface area contributed by atoms with Crippen molar-refractivity contribution in [1.29, 1.82) is 10.5 Å². The lowest BCUT2D eigenvalue weighted by molar-refractivity contribution is -0.140. The van der Waals surface area contributed by atoms with Crippen LogP contribution >= 0.6 is 0 Å². The van der Waals surface area contributed by atoms with Gasteiger partial charge in [-0.2, -0.15) is 26.3 Å². The molecular formula is C38H12F8N6. The highest BCUT2D eigenvalue weighted by atomic mass is 19.4. The van der Waals surface area contributed by atoms with E-state index < -0.39 is 46.5 Å². The Morgan fingerprint density at radius 2 is 0.865 bits per heavy atom. The molecule has 0 fully saturated rings. The Balaban J connectivity index is 1.44. The number of halogens is 8. The molecule has 2 aliphatic rings. The monoisotopic (exact) mass is 704 g/mol. The third-order valence-corrected chi connectivity index (χ3v) is 8.58. The summed E-state index contributed by atoms with van der Waals surface area (Å²) < 4.78 is 109. The van der Waals surface area contributed by atoms with Crippen molar-refractivity contribution in [3.63, 3.8) is 0 Å². The average molecular weight is 705 g/mol. The largest absolute Gasteiger partial charge is 0.419 e. The molecule has 1 aromatic heterocycles. The summed E-state index contributed by atoms with van der Waals surface area (Å²) in [6.07, 6.45) is -9.96. The van der Waals surface area contributed by atoms with Crippen LogP contribution in [0.2, 0.25) is 0 Å². The van der Waals surface area contributed by atoms with Crippen LogP contribution in [0.4, 0.5) is 35.1 Å². The Bertz CT molecular complexity index is 2460. The highest BCUT2D eigenvalue weighted by Crippen LogP contribution is 2.52. The predicted octanol–water partition coefficient (Wildman–Crippen LogP) is 10.5. The zero-order chi connectivity index (χ0) is 37.3. The van der Waals surface area contributed by atoms with Gasteiger partial charge in [-0.1, -0.05) is 36.4 Å². The van der Waals surface area contributed by atoms with Crippen LogP contribution in [-0.2, 0) is 12.4 Å². The lowest BCUT2D eigenvalue weighted by Crippen LogP contribution is -2.08. The van der Waals surface area contributed by atoms with Crippen LogP contribution in [0.15, 0.2) is 84.2 Å². The molecule has 0 radical (unpaired) electrons. The standard InChI is InChI=1S/C38H12F8N6/c1-49-29(15-47)31-23-11-17(19-5-9-27(39)25(13-19)37(41,42)43)3-7-21(23)33-35(31)51-34-22-8-4-18(20-6-10-28(40)26(14-20)38(44,45)46)12-24(22)32(36(34)52-33)30(16-48)50-2/h3-14H/b31-29-,32-30+. The van der Waals surface area contributed by atoms with Crippen molar-refractivity contribution in [1.82, 2.24) is 9.97 Å². The van der Waals surface area contributed by atoms with E-state index in [2.05, 4.69) is 9.69 Å². The maximum Gasteiger partial charge on any atom is 0.419 e. The van der Waals surface area contributed by atoms with Crippen molar-refractivity contribution < 1.29 is 35.1 Å². The van der Waals surface area contributed by atoms with Gasteiger partial charge in [0.2, 0.25) is 0 Å². The van der Waals surface area contributed by atoms with E-state index in [1.165, 1.54) is 36.4 Å². The molecule has 0 unspecified atom stereocenters. The lowest BCUT2D eigenvalue weighted by atomic mass is 9.96. The Kier molecular flexibility index (Phi) is 7.52. The first kappa shape index (κ1) is 33.3. The van der Waals surface area contributed by atoms with Crippen molar-refractivity contribution in [3.8, 4) is 56.9 Å². The van der Waals surface area contributed by atoms with Crippen molar-refractivity contribution in [3.05, 3.63) is 152 Å². The van der Waals surface area contributed by atoms with Crippen LogP contribution in [-0.4, -0.2) is 9.97 Å². The number of hydrogen-bond acceptors (Lipinski definition) is 4. The van der Waals surface area contributed by atoms with Gasteiger partial charge >= 0.3 is 12.4 Å². The van der Waals surface area contributed by atoms with Gasteiger partial charge in [0.05, 0.1) is 59.2 Å². The van der Waals surface area contributed by atoms with Crippen molar-refractivity contribution in [2.45, 2.75) is 12.4 Å². The summed E-state index contributed by atoms with van der Waals surface area (Å²) in [5.74, 6) is -2.94. The molecule has 0 atom stereocenters. The van der Waals surface area contributed by atoms with E-state index in [0.29, 0.717) is 35.4 Å². The van der Waals surface area contributed by atoms with E-state index in [9.17, 15) is 45.6 Å². The molecule has 6 nitrogen and oxygen atoms in total. The molecule has 0 N–H and O–H groups in total. The Morgan fingerprint density at radius 3 is 1.19 bits per heavy atom. The third-order valence-electron chi connectivity index (χ3n) is 8.58. The fourth-order valence-electron chi connectivity index (χ4n) is 6.29. The minimum atomic E-state index is -4.98. The van der Waals surface area contributed by atoms with E-state index in [1.807, 2.05) is 12.1 Å². The van der Waals surface area contributed by atoms with E-state index >= 15 is 0 Å². The fraction of sp³-hybridized carbons (Fsp3) is 0.0526. The zero-order valence-electron chi connectivity index (χ0n) is 25.6. The SMILES string of the molecule is [C-]#[N+]/C(C#N)=C1/c2cc(-c3ccc(F)c(C(F)(F)F)c3)ccc2-c2nc3c(nc21)-c1ccc(-c2ccc(F)c(C(F)(F)F)c2)cc1/C3=C(/C#N)[N+]#[C-]. The number of aromatic nitrogens is 2. The van der Waals surface area contributed by atoms with Crippen LogP contribution in [0.1, 0.15) is 33.6 Å². The number of rotatable bonds is 2. The van der Waals surface area contributed by atoms with Crippen LogP contribution in [0.25, 0.3) is 65.6 Å². The van der Waals surface area contributed by atoms with Crippen LogP contribution in [0.3, 0.4) is 0 Å². The van der Waals surface area contributed by atoms with Crippen molar-refractivity contribution in [2.75, 3.05) is 0 Å². The Labute approximate surface area is 288 Å². The van der Waals surface area contributed by atoms with Gasteiger partial charge in [-0.25, -0.2) is 39.0 Å². The van der Waals surface area contributed by atoms with E-state index in [4.69, 9.17) is 23.1 Å². The number of nitriles is 2. The molecule has 4 aromatic carbocycles. The maximum absolute atomic E-state index is 14.1. The fourth-order valence-corrected chi connectivity index (χ4v) is 6.29. The molecular weight excluding hydrogens is 692 g/mol. The summed E-state index contributed by atoms with van der Waals surface area (Å²) >= 11 is 0. The summed E-state index contributed by atoms with van der Waals surface area (Å²) in [6, 6.07) is 17.2. The minimum absolute atomic E-state index is 0.00471. The van der Waals surface area contributed by atoms with Gasteiger partial charge in [0.15, 0.2) is 0 Å². The summed E-state index contributed by atoms with van der Waals surface area (Å²) in [6.45, 7) is 15.4. The molecule has 1 heterocycles. The van der Waals surface area contributed by atoms with Crippen molar-refractivity contribution in [2.24, 2.45) is 0 Å². The molecule has 52 heavy (non-hydrogen) atoms. The quantitative estimate of drug-likeness (QED) is 0.102. The Morgan fingerprint density at radius 1 is 0.519 bits per heavy atom. The van der Waals surface area contributed by atoms with Crippen LogP contribution in [0, 0.1) is 47.4 Å². The number of alkyl halides is 6. The molecule has 5 aromatic rings. The second-order valence-corrected chi connectivity index (χ2v) is 11.4. The molecule has 0 amide bonds.